The van der Waals surface area contributed by atoms with E-state index in [1.165, 1.54) is 0 Å². The van der Waals surface area contributed by atoms with Crippen molar-refractivity contribution in [3.63, 3.8) is 0 Å². The van der Waals surface area contributed by atoms with Crippen molar-refractivity contribution >= 4 is 30.5 Å². The molecule has 0 aromatic heterocycles. The summed E-state index contributed by atoms with van der Waals surface area (Å²) in [4.78, 5) is 9.31. The number of hydrogen-bond donors (Lipinski definition) is 0. The summed E-state index contributed by atoms with van der Waals surface area (Å²) in [6, 6.07) is 0. The van der Waals surface area contributed by atoms with Crippen LogP contribution in [0.4, 0.5) is 0 Å². The molecule has 44 valence electrons. The lowest BCUT2D eigenvalue weighted by atomic mass is 10.9. The first-order chi connectivity index (χ1) is 2.77. The van der Waals surface area contributed by atoms with Crippen molar-refractivity contribution in [3.8, 4) is 0 Å². The van der Waals surface area contributed by atoms with Crippen LogP contribution in [0.3, 0.4) is 0 Å². The van der Waals surface area contributed by atoms with Gasteiger partial charge in [-0.15, -0.1) is 12.4 Å². The summed E-state index contributed by atoms with van der Waals surface area (Å²) in [5.74, 6) is 0. The summed E-state index contributed by atoms with van der Waals surface area (Å²) in [5.41, 5.74) is -0.498. The molecule has 0 aliphatic heterocycles. The van der Waals surface area contributed by atoms with E-state index < -0.39 is 5.56 Å². The number of hydrogen-bond acceptors (Lipinski definition) is 2. The third-order valence-corrected chi connectivity index (χ3v) is 0.346. The van der Waals surface area contributed by atoms with Crippen LogP contribution in [0.1, 0.15) is 6.92 Å². The molecule has 0 radical (unpaired) electrons. The van der Waals surface area contributed by atoms with Gasteiger partial charge in [0.2, 0.25) is 0 Å². The Morgan fingerprint density at radius 1 is 1.86 bits per heavy atom. The molecule has 0 saturated heterocycles. The number of alkyl halides is 1. The molecule has 0 fully saturated rings. The van der Waals surface area contributed by atoms with Crippen LogP contribution in [0.15, 0.2) is 0 Å². The molecule has 4 heteroatoms. The molecule has 2 nitrogen and oxygen atoms in total. The van der Waals surface area contributed by atoms with Gasteiger partial charge in [-0.25, -0.2) is 0 Å². The van der Waals surface area contributed by atoms with Crippen LogP contribution in [0.25, 0.3) is 0 Å². The number of carbonyl (C=O) groups excluding carboxylic acids is 1. The van der Waals surface area contributed by atoms with E-state index >= 15 is 0 Å². The van der Waals surface area contributed by atoms with E-state index in [1.54, 1.807) is 6.92 Å². The minimum absolute atomic E-state index is 0. The van der Waals surface area contributed by atoms with Crippen molar-refractivity contribution in [2.75, 3.05) is 0 Å². The predicted octanol–water partition coefficient (Wildman–Crippen LogP) is 1.17. The molecule has 0 aromatic rings. The Labute approximate surface area is 53.2 Å². The molecule has 0 rings (SSSR count). The highest BCUT2D eigenvalue weighted by Crippen LogP contribution is 1.89. The Bertz CT molecular complexity index is 46.2. The maximum atomic E-state index is 9.31. The van der Waals surface area contributed by atoms with Crippen LogP contribution in [-0.2, 0) is 9.53 Å². The average Bonchev–Trinajstić information content (AvgIpc) is 1.35. The van der Waals surface area contributed by atoms with E-state index in [-0.39, 0.29) is 12.4 Å². The molecular weight excluding hydrogens is 139 g/mol. The van der Waals surface area contributed by atoms with E-state index in [4.69, 9.17) is 11.6 Å². The van der Waals surface area contributed by atoms with Gasteiger partial charge in [0.15, 0.2) is 5.56 Å². The van der Waals surface area contributed by atoms with Crippen molar-refractivity contribution in [1.29, 1.82) is 0 Å². The van der Waals surface area contributed by atoms with Gasteiger partial charge < -0.3 is 4.74 Å². The molecule has 0 bridgehead atoms. The second-order valence-corrected chi connectivity index (χ2v) is 1.39. The van der Waals surface area contributed by atoms with E-state index in [2.05, 4.69) is 4.74 Å². The third-order valence-electron chi connectivity index (χ3n) is 0.243. The van der Waals surface area contributed by atoms with Crippen molar-refractivity contribution in [1.82, 2.24) is 0 Å². The topological polar surface area (TPSA) is 26.3 Å². The summed E-state index contributed by atoms with van der Waals surface area (Å²) in [6.07, 6.45) is 0. The highest BCUT2D eigenvalue weighted by molar-refractivity contribution is 6.19. The maximum absolute atomic E-state index is 9.31. The van der Waals surface area contributed by atoms with Gasteiger partial charge in [-0.3, -0.25) is 4.79 Å². The Kier molecular flexibility index (Phi) is 8.75. The summed E-state index contributed by atoms with van der Waals surface area (Å²) < 4.78 is 4.13. The second-order valence-electron chi connectivity index (χ2n) is 0.775. The summed E-state index contributed by atoms with van der Waals surface area (Å²) in [7, 11) is 0. The second kappa shape index (κ2) is 6.05. The van der Waals surface area contributed by atoms with Gasteiger partial charge in [-0.1, -0.05) is 11.6 Å². The Morgan fingerprint density at radius 2 is 2.29 bits per heavy atom. The van der Waals surface area contributed by atoms with Crippen LogP contribution in [-0.4, -0.2) is 12.0 Å². The van der Waals surface area contributed by atoms with E-state index in [0.29, 0.717) is 6.47 Å². The van der Waals surface area contributed by atoms with Crippen molar-refractivity contribution in [3.05, 3.63) is 0 Å². The minimum atomic E-state index is -0.498. The normalized spacial score (nSPS) is 11.1. The van der Waals surface area contributed by atoms with Gasteiger partial charge in [0.25, 0.3) is 6.47 Å². The minimum Gasteiger partial charge on any atom is -0.448 e. The average molecular weight is 145 g/mol. The van der Waals surface area contributed by atoms with Crippen LogP contribution in [0.5, 0.6) is 0 Å². The standard InChI is InChI=1S/C3H5ClO2.ClH/c1-3(4)6-2-5;/h2-3H,1H3;1H. The van der Waals surface area contributed by atoms with Crippen molar-refractivity contribution in [2.45, 2.75) is 12.5 Å². The highest BCUT2D eigenvalue weighted by atomic mass is 35.5. The maximum Gasteiger partial charge on any atom is 0.294 e. The molecule has 1 unspecified atom stereocenters. The molecule has 0 amide bonds. The SMILES string of the molecule is CC(Cl)OC=O.Cl. The van der Waals surface area contributed by atoms with Crippen LogP contribution in [0, 0.1) is 0 Å². The van der Waals surface area contributed by atoms with Gasteiger partial charge in [0.05, 0.1) is 0 Å². The molecule has 0 spiro atoms. The molecule has 0 heterocycles. The van der Waals surface area contributed by atoms with Gasteiger partial charge in [0.1, 0.15) is 0 Å². The first-order valence-corrected chi connectivity index (χ1v) is 1.94. The summed E-state index contributed by atoms with van der Waals surface area (Å²) in [5, 5.41) is 0. The fourth-order valence-electron chi connectivity index (χ4n) is 0.0766. The molecule has 7 heavy (non-hydrogen) atoms. The first-order valence-electron chi connectivity index (χ1n) is 1.50. The molecular formula is C3H6Cl2O2. The lowest BCUT2D eigenvalue weighted by Crippen LogP contribution is -1.94. The number of rotatable bonds is 2. The predicted molar refractivity (Wildman–Crippen MR) is 29.7 cm³/mol. The zero-order valence-corrected chi connectivity index (χ0v) is 5.33. The van der Waals surface area contributed by atoms with Gasteiger partial charge in [-0.2, -0.15) is 0 Å². The number of halogens is 2. The van der Waals surface area contributed by atoms with Crippen LogP contribution >= 0.6 is 24.0 Å². The third kappa shape index (κ3) is 10.7. The highest BCUT2D eigenvalue weighted by Gasteiger charge is 1.86. The molecule has 0 aliphatic rings. The van der Waals surface area contributed by atoms with Crippen LogP contribution in [0.2, 0.25) is 0 Å². The van der Waals surface area contributed by atoms with E-state index in [0.717, 1.165) is 0 Å². The van der Waals surface area contributed by atoms with E-state index in [9.17, 15) is 4.79 Å². The molecule has 0 aromatic carbocycles. The lowest BCUT2D eigenvalue weighted by Gasteiger charge is -1.93. The fourth-order valence-corrected chi connectivity index (χ4v) is 0.119. The Balaban J connectivity index is 0. The van der Waals surface area contributed by atoms with Gasteiger partial charge in [0, 0.05) is 0 Å². The Morgan fingerprint density at radius 3 is 2.29 bits per heavy atom. The van der Waals surface area contributed by atoms with Gasteiger partial charge >= 0.3 is 0 Å². The zero-order chi connectivity index (χ0) is 4.99. The smallest absolute Gasteiger partial charge is 0.294 e. The number of ether oxygens (including phenoxy) is 1. The van der Waals surface area contributed by atoms with Gasteiger partial charge in [-0.05, 0) is 6.92 Å². The first kappa shape index (κ1) is 10.1. The van der Waals surface area contributed by atoms with Crippen molar-refractivity contribution in [2.24, 2.45) is 0 Å². The zero-order valence-electron chi connectivity index (χ0n) is 3.76. The molecule has 0 saturated carbocycles. The quantitative estimate of drug-likeness (QED) is 0.430. The monoisotopic (exact) mass is 144 g/mol. The summed E-state index contributed by atoms with van der Waals surface area (Å²) in [6.45, 7) is 1.88. The lowest BCUT2D eigenvalue weighted by molar-refractivity contribution is -0.129. The molecule has 1 atom stereocenters. The van der Waals surface area contributed by atoms with Crippen LogP contribution < -0.4 is 0 Å². The summed E-state index contributed by atoms with van der Waals surface area (Å²) >= 11 is 5.12. The fraction of sp³-hybridized carbons (Fsp3) is 0.667. The number of carbonyl (C=O) groups is 1. The molecule has 0 aliphatic carbocycles. The molecule has 0 N–H and O–H groups in total. The van der Waals surface area contributed by atoms with E-state index in [1.807, 2.05) is 0 Å². The largest absolute Gasteiger partial charge is 0.448 e. The van der Waals surface area contributed by atoms with Crippen molar-refractivity contribution < 1.29 is 9.53 Å². The Hall–Kier alpha value is 0.0500.